The average molecular weight is 412 g/mol. The van der Waals surface area contributed by atoms with Crippen LogP contribution in [-0.4, -0.2) is 10.2 Å². The van der Waals surface area contributed by atoms with Crippen molar-refractivity contribution in [2.45, 2.75) is 64.0 Å². The van der Waals surface area contributed by atoms with E-state index in [1.807, 2.05) is 0 Å². The second kappa shape index (κ2) is 8.26. The highest BCUT2D eigenvalue weighted by atomic mass is 32.2. The van der Waals surface area contributed by atoms with E-state index >= 15 is 0 Å². The second-order valence-corrected chi connectivity index (χ2v) is 10.6. The Morgan fingerprint density at radius 3 is 2.29 bits per heavy atom. The zero-order chi connectivity index (χ0) is 20.5. The molecule has 3 nitrogen and oxygen atoms in total. The largest absolute Gasteiger partial charge is 0.330 e. The van der Waals surface area contributed by atoms with Crippen LogP contribution in [0.3, 0.4) is 0 Å². The van der Waals surface area contributed by atoms with E-state index in [1.54, 1.807) is 23.1 Å². The third kappa shape index (κ3) is 4.76. The molecule has 1 heterocycles. The molecule has 0 fully saturated rings. The van der Waals surface area contributed by atoms with Crippen LogP contribution in [0.1, 0.15) is 54.2 Å². The maximum absolute atomic E-state index is 4.36. The molecule has 2 aromatic carbocycles. The molecule has 0 atom stereocenters. The minimum atomic E-state index is 0.176. The van der Waals surface area contributed by atoms with Gasteiger partial charge >= 0.3 is 0 Å². The normalized spacial score (nSPS) is 11.7. The van der Waals surface area contributed by atoms with E-state index in [0.717, 1.165) is 20.9 Å². The summed E-state index contributed by atoms with van der Waals surface area (Å²) in [4.78, 5) is 0. The number of aryl methyl sites for hydroxylation is 3. The van der Waals surface area contributed by atoms with Gasteiger partial charge in [-0.3, -0.25) is 0 Å². The molecular weight excluding hydrogens is 382 g/mol. The van der Waals surface area contributed by atoms with Gasteiger partial charge in [-0.2, -0.15) is 0 Å². The molecule has 0 radical (unpaired) electrons. The van der Waals surface area contributed by atoms with Crippen LogP contribution in [0.2, 0.25) is 0 Å². The molecule has 28 heavy (non-hydrogen) atoms. The Morgan fingerprint density at radius 1 is 0.964 bits per heavy atom. The second-order valence-electron chi connectivity index (χ2n) is 8.37. The van der Waals surface area contributed by atoms with Crippen LogP contribution in [0.25, 0.3) is 0 Å². The van der Waals surface area contributed by atoms with Gasteiger partial charge in [0.25, 0.3) is 0 Å². The fraction of sp³-hybridized carbons (Fsp3) is 0.391. The van der Waals surface area contributed by atoms with Crippen LogP contribution in [0.15, 0.2) is 34.7 Å². The molecule has 5 heteroatoms. The lowest BCUT2D eigenvalue weighted by molar-refractivity contribution is 0.589. The van der Waals surface area contributed by atoms with Crippen molar-refractivity contribution in [1.82, 2.24) is 10.2 Å². The van der Waals surface area contributed by atoms with E-state index in [0.29, 0.717) is 0 Å². The van der Waals surface area contributed by atoms with Gasteiger partial charge in [0.05, 0.1) is 0 Å². The van der Waals surface area contributed by atoms with E-state index in [4.69, 9.17) is 0 Å². The van der Waals surface area contributed by atoms with Crippen molar-refractivity contribution in [2.75, 3.05) is 5.32 Å². The van der Waals surface area contributed by atoms with Crippen molar-refractivity contribution in [1.29, 1.82) is 0 Å². The molecule has 0 bridgehead atoms. The predicted octanol–water partition coefficient (Wildman–Crippen LogP) is 7.11. The Morgan fingerprint density at radius 2 is 1.64 bits per heavy atom. The number of nitrogens with zero attached hydrogens (tertiary/aromatic N) is 2. The Hall–Kier alpha value is -1.85. The maximum atomic E-state index is 4.36. The van der Waals surface area contributed by atoms with Gasteiger partial charge in [0, 0.05) is 11.4 Å². The smallest absolute Gasteiger partial charge is 0.210 e. The van der Waals surface area contributed by atoms with E-state index in [9.17, 15) is 0 Å². The first kappa shape index (κ1) is 20.9. The lowest BCUT2D eigenvalue weighted by Crippen LogP contribution is -2.12. The molecular formula is C23H29N3S2. The summed E-state index contributed by atoms with van der Waals surface area (Å²) in [6.45, 7) is 15.5. The summed E-state index contributed by atoms with van der Waals surface area (Å²) in [7, 11) is 0. The molecule has 3 rings (SSSR count). The molecule has 0 spiro atoms. The summed E-state index contributed by atoms with van der Waals surface area (Å²) in [6.07, 6.45) is 0. The molecule has 0 aliphatic carbocycles. The highest BCUT2D eigenvalue weighted by Crippen LogP contribution is 2.34. The van der Waals surface area contributed by atoms with Crippen molar-refractivity contribution >= 4 is 33.9 Å². The fourth-order valence-electron chi connectivity index (χ4n) is 3.11. The average Bonchev–Trinajstić information content (AvgIpc) is 3.05. The molecule has 0 amide bonds. The summed E-state index contributed by atoms with van der Waals surface area (Å²) >= 11 is 3.37. The van der Waals surface area contributed by atoms with Crippen LogP contribution in [0.4, 0.5) is 10.8 Å². The van der Waals surface area contributed by atoms with Crippen molar-refractivity contribution in [2.24, 2.45) is 0 Å². The quantitative estimate of drug-likeness (QED) is 0.454. The van der Waals surface area contributed by atoms with Crippen LogP contribution in [0, 0.1) is 27.7 Å². The third-order valence-electron chi connectivity index (χ3n) is 5.15. The standard InChI is InChI=1S/C23H29N3S2/c1-14-9-8-10-20(17(14)4)24-21-25-26-22(28-21)27-13-19-15(2)11-18(12-16(19)3)23(5,6)7/h8-12H,13H2,1-7H3,(H,24,25). The fourth-order valence-corrected chi connectivity index (χ4v) is 5.07. The maximum Gasteiger partial charge on any atom is 0.210 e. The lowest BCUT2D eigenvalue weighted by Gasteiger charge is -2.22. The molecule has 0 saturated heterocycles. The number of thioether (sulfide) groups is 1. The first-order chi connectivity index (χ1) is 13.1. The lowest BCUT2D eigenvalue weighted by atomic mass is 9.84. The molecule has 0 unspecified atom stereocenters. The number of hydrogen-bond acceptors (Lipinski definition) is 5. The van der Waals surface area contributed by atoms with E-state index in [1.165, 1.54) is 33.4 Å². The Balaban J connectivity index is 1.70. The topological polar surface area (TPSA) is 37.8 Å². The van der Waals surface area contributed by atoms with Crippen LogP contribution >= 0.6 is 23.1 Å². The monoisotopic (exact) mass is 411 g/mol. The van der Waals surface area contributed by atoms with E-state index in [2.05, 4.69) is 94.3 Å². The first-order valence-corrected chi connectivity index (χ1v) is 11.4. The summed E-state index contributed by atoms with van der Waals surface area (Å²) < 4.78 is 0.992. The minimum Gasteiger partial charge on any atom is -0.330 e. The number of anilines is 2. The van der Waals surface area contributed by atoms with Crippen molar-refractivity contribution in [3.63, 3.8) is 0 Å². The number of hydrogen-bond donors (Lipinski definition) is 1. The van der Waals surface area contributed by atoms with Gasteiger partial charge < -0.3 is 5.32 Å². The van der Waals surface area contributed by atoms with Crippen LogP contribution in [0.5, 0.6) is 0 Å². The summed E-state index contributed by atoms with van der Waals surface area (Å²) in [5.41, 5.74) is 9.30. The third-order valence-corrected chi connectivity index (χ3v) is 7.15. The molecule has 0 aliphatic rings. The van der Waals surface area contributed by atoms with Crippen LogP contribution in [-0.2, 0) is 11.2 Å². The zero-order valence-corrected chi connectivity index (χ0v) is 19.4. The molecule has 1 aromatic heterocycles. The highest BCUT2D eigenvalue weighted by molar-refractivity contribution is 8.00. The Kier molecular flexibility index (Phi) is 6.15. The number of aromatic nitrogens is 2. The predicted molar refractivity (Wildman–Crippen MR) is 123 cm³/mol. The number of benzene rings is 2. The SMILES string of the molecule is Cc1cccc(Nc2nnc(SCc3c(C)cc(C(C)(C)C)cc3C)s2)c1C. The molecule has 1 N–H and O–H groups in total. The van der Waals surface area contributed by atoms with Crippen LogP contribution < -0.4 is 5.32 Å². The van der Waals surface area contributed by atoms with E-state index in [-0.39, 0.29) is 5.41 Å². The molecule has 3 aromatic rings. The van der Waals surface area contributed by atoms with Crippen molar-refractivity contribution in [3.05, 3.63) is 63.7 Å². The molecule has 0 aliphatic heterocycles. The summed E-state index contributed by atoms with van der Waals surface area (Å²) in [5.74, 6) is 0.917. The molecule has 0 saturated carbocycles. The Bertz CT molecular complexity index is 961. The van der Waals surface area contributed by atoms with Gasteiger partial charge in [0.15, 0.2) is 4.34 Å². The van der Waals surface area contributed by atoms with Crippen molar-refractivity contribution in [3.8, 4) is 0 Å². The Labute approximate surface area is 177 Å². The van der Waals surface area contributed by atoms with Gasteiger partial charge in [-0.15, -0.1) is 10.2 Å². The van der Waals surface area contributed by atoms with E-state index < -0.39 is 0 Å². The summed E-state index contributed by atoms with van der Waals surface area (Å²) in [6, 6.07) is 10.9. The minimum absolute atomic E-state index is 0.176. The highest BCUT2D eigenvalue weighted by Gasteiger charge is 2.17. The zero-order valence-electron chi connectivity index (χ0n) is 17.8. The van der Waals surface area contributed by atoms with Gasteiger partial charge in [-0.25, -0.2) is 0 Å². The summed E-state index contributed by atoms with van der Waals surface area (Å²) in [5, 5.41) is 12.9. The first-order valence-electron chi connectivity index (χ1n) is 9.55. The number of rotatable bonds is 5. The van der Waals surface area contributed by atoms with Gasteiger partial charge in [-0.1, -0.05) is 68.1 Å². The van der Waals surface area contributed by atoms with Gasteiger partial charge in [0.1, 0.15) is 0 Å². The molecule has 148 valence electrons. The van der Waals surface area contributed by atoms with Gasteiger partial charge in [-0.05, 0) is 72.6 Å². The van der Waals surface area contributed by atoms with Gasteiger partial charge in [0.2, 0.25) is 5.13 Å². The number of nitrogens with one attached hydrogen (secondary N) is 1. The van der Waals surface area contributed by atoms with Crippen molar-refractivity contribution < 1.29 is 0 Å².